The molecule has 0 radical (unpaired) electrons. The first-order chi connectivity index (χ1) is 17.0. The van der Waals surface area contributed by atoms with Crippen LogP contribution in [0.2, 0.25) is 0 Å². The Morgan fingerprint density at radius 1 is 1.09 bits per heavy atom. The lowest BCUT2D eigenvalue weighted by Crippen LogP contribution is -2.48. The zero-order valence-electron chi connectivity index (χ0n) is 20.8. The van der Waals surface area contributed by atoms with Gasteiger partial charge in [0.05, 0.1) is 13.0 Å². The Labute approximate surface area is 207 Å². The molecule has 3 aliphatic heterocycles. The van der Waals surface area contributed by atoms with Crippen LogP contribution in [0.25, 0.3) is 0 Å². The summed E-state index contributed by atoms with van der Waals surface area (Å²) in [4.78, 5) is 44.8. The minimum atomic E-state index is -0.307. The van der Waals surface area contributed by atoms with E-state index >= 15 is 0 Å². The number of likely N-dealkylation sites (tertiary alicyclic amines) is 2. The Morgan fingerprint density at radius 3 is 2.54 bits per heavy atom. The number of anilines is 1. The summed E-state index contributed by atoms with van der Waals surface area (Å²) in [7, 11) is 1.60. The molecule has 35 heavy (non-hydrogen) atoms. The van der Waals surface area contributed by atoms with Gasteiger partial charge >= 0.3 is 0 Å². The van der Waals surface area contributed by atoms with Crippen LogP contribution in [0.1, 0.15) is 38.5 Å². The highest BCUT2D eigenvalue weighted by atomic mass is 16.5. The minimum Gasteiger partial charge on any atom is -0.497 e. The Balaban J connectivity index is 1.12. The molecule has 190 valence electrons. The molecule has 5 rings (SSSR count). The average Bonchev–Trinajstić information content (AvgIpc) is 3.57. The maximum absolute atomic E-state index is 13.4. The third kappa shape index (κ3) is 5.32. The molecular weight excluding hydrogens is 444 g/mol. The number of piperidine rings is 1. The summed E-state index contributed by atoms with van der Waals surface area (Å²) in [5.41, 5.74) is 0.777. The van der Waals surface area contributed by atoms with Gasteiger partial charge in [-0.2, -0.15) is 0 Å². The van der Waals surface area contributed by atoms with Crippen molar-refractivity contribution in [2.75, 3.05) is 57.8 Å². The lowest BCUT2D eigenvalue weighted by atomic mass is 9.82. The van der Waals surface area contributed by atoms with Crippen LogP contribution in [-0.2, 0) is 14.4 Å². The van der Waals surface area contributed by atoms with Gasteiger partial charge in [-0.15, -0.1) is 0 Å². The monoisotopic (exact) mass is 482 g/mol. The van der Waals surface area contributed by atoms with Gasteiger partial charge in [-0.25, -0.2) is 0 Å². The van der Waals surface area contributed by atoms with Crippen LogP contribution in [0.5, 0.6) is 5.75 Å². The number of amides is 3. The number of rotatable bonds is 8. The first-order valence-corrected chi connectivity index (χ1v) is 13.2. The normalized spacial score (nSPS) is 28.5. The van der Waals surface area contributed by atoms with Gasteiger partial charge in [0.25, 0.3) is 0 Å². The molecule has 8 nitrogen and oxygen atoms in total. The SMILES string of the molecule is COc1cccc(N2CC(C(=O)N3CC4CCC(C3)C4CC(=O)NCCN3CCCC3)CC2=O)c1. The molecule has 1 aliphatic carbocycles. The van der Waals surface area contributed by atoms with E-state index in [2.05, 4.69) is 10.2 Å². The van der Waals surface area contributed by atoms with Gasteiger partial charge in [-0.1, -0.05) is 6.07 Å². The van der Waals surface area contributed by atoms with Crippen LogP contribution in [0.15, 0.2) is 24.3 Å². The largest absolute Gasteiger partial charge is 0.497 e. The van der Waals surface area contributed by atoms with Crippen LogP contribution in [0.3, 0.4) is 0 Å². The Hall–Kier alpha value is -2.61. The van der Waals surface area contributed by atoms with Gasteiger partial charge in [-0.05, 0) is 68.7 Å². The molecule has 0 aromatic heterocycles. The number of methoxy groups -OCH3 is 1. The Morgan fingerprint density at radius 2 is 1.83 bits per heavy atom. The molecule has 1 N–H and O–H groups in total. The van der Waals surface area contributed by atoms with E-state index in [1.165, 1.54) is 12.8 Å². The van der Waals surface area contributed by atoms with Crippen molar-refractivity contribution in [1.82, 2.24) is 15.1 Å². The van der Waals surface area contributed by atoms with E-state index in [0.717, 1.165) is 44.7 Å². The van der Waals surface area contributed by atoms with Crippen molar-refractivity contribution in [2.45, 2.75) is 38.5 Å². The van der Waals surface area contributed by atoms with Crippen molar-refractivity contribution in [3.8, 4) is 5.75 Å². The first-order valence-electron chi connectivity index (χ1n) is 13.2. The van der Waals surface area contributed by atoms with Crippen LogP contribution < -0.4 is 15.0 Å². The fourth-order valence-corrected chi connectivity index (χ4v) is 6.65. The molecule has 3 atom stereocenters. The summed E-state index contributed by atoms with van der Waals surface area (Å²) in [6, 6.07) is 7.43. The highest BCUT2D eigenvalue weighted by molar-refractivity contribution is 6.00. The van der Waals surface area contributed by atoms with E-state index in [1.54, 1.807) is 12.0 Å². The lowest BCUT2D eigenvalue weighted by molar-refractivity contribution is -0.139. The maximum Gasteiger partial charge on any atom is 0.228 e. The van der Waals surface area contributed by atoms with E-state index in [0.29, 0.717) is 49.6 Å². The zero-order valence-corrected chi connectivity index (χ0v) is 20.8. The summed E-state index contributed by atoms with van der Waals surface area (Å²) in [6.45, 7) is 5.81. The summed E-state index contributed by atoms with van der Waals surface area (Å²) < 4.78 is 5.29. The van der Waals surface area contributed by atoms with Gasteiger partial charge in [0.2, 0.25) is 17.7 Å². The second kappa shape index (κ2) is 10.6. The van der Waals surface area contributed by atoms with Crippen LogP contribution in [-0.4, -0.2) is 80.4 Å². The highest BCUT2D eigenvalue weighted by Gasteiger charge is 2.46. The smallest absolute Gasteiger partial charge is 0.228 e. The topological polar surface area (TPSA) is 82.2 Å². The van der Waals surface area contributed by atoms with Crippen molar-refractivity contribution < 1.29 is 19.1 Å². The third-order valence-electron chi connectivity index (χ3n) is 8.55. The number of hydrogen-bond acceptors (Lipinski definition) is 5. The van der Waals surface area contributed by atoms with Crippen LogP contribution in [0.4, 0.5) is 5.69 Å². The van der Waals surface area contributed by atoms with E-state index in [-0.39, 0.29) is 30.1 Å². The number of hydrogen-bond donors (Lipinski definition) is 1. The molecule has 3 amide bonds. The van der Waals surface area contributed by atoms with Gasteiger partial charge in [-0.3, -0.25) is 14.4 Å². The minimum absolute atomic E-state index is 0.0138. The molecule has 8 heteroatoms. The summed E-state index contributed by atoms with van der Waals surface area (Å²) >= 11 is 0. The van der Waals surface area contributed by atoms with Crippen molar-refractivity contribution in [3.05, 3.63) is 24.3 Å². The van der Waals surface area contributed by atoms with Crippen LogP contribution >= 0.6 is 0 Å². The molecule has 1 aromatic rings. The fourth-order valence-electron chi connectivity index (χ4n) is 6.65. The quantitative estimate of drug-likeness (QED) is 0.614. The number of ether oxygens (including phenoxy) is 1. The Bertz CT molecular complexity index is 933. The first kappa shape index (κ1) is 24.1. The van der Waals surface area contributed by atoms with E-state index in [1.807, 2.05) is 29.2 Å². The molecule has 4 fully saturated rings. The molecule has 4 aliphatic rings. The standard InChI is InChI=1S/C27H38N4O4/c1-35-23-6-4-5-22(14-23)31-18-21(13-26(31)33)27(34)30-16-19-7-8-20(17-30)24(19)15-25(32)28-9-12-29-10-2-3-11-29/h4-6,14,19-21,24H,2-3,7-13,15-18H2,1H3,(H,28,32). The highest BCUT2D eigenvalue weighted by Crippen LogP contribution is 2.44. The lowest BCUT2D eigenvalue weighted by Gasteiger charge is -2.39. The number of carbonyl (C=O) groups is 3. The predicted molar refractivity (Wildman–Crippen MR) is 133 cm³/mol. The van der Waals surface area contributed by atoms with Crippen molar-refractivity contribution in [3.63, 3.8) is 0 Å². The molecule has 3 saturated heterocycles. The molecule has 0 spiro atoms. The molecule has 1 aromatic carbocycles. The van der Waals surface area contributed by atoms with Gasteiger partial charge in [0.1, 0.15) is 5.75 Å². The summed E-state index contributed by atoms with van der Waals surface area (Å²) in [6.07, 6.45) is 5.53. The summed E-state index contributed by atoms with van der Waals surface area (Å²) in [5, 5.41) is 3.12. The molecule has 3 unspecified atom stereocenters. The van der Waals surface area contributed by atoms with E-state index in [4.69, 9.17) is 4.74 Å². The number of carbonyl (C=O) groups excluding carboxylic acids is 3. The third-order valence-corrected chi connectivity index (χ3v) is 8.55. The fraction of sp³-hybridized carbons (Fsp3) is 0.667. The van der Waals surface area contributed by atoms with E-state index < -0.39 is 0 Å². The number of nitrogens with zero attached hydrogens (tertiary/aromatic N) is 3. The van der Waals surface area contributed by atoms with Crippen molar-refractivity contribution in [2.24, 2.45) is 23.7 Å². The number of fused-ring (bicyclic) bond motifs is 2. The number of nitrogens with one attached hydrogen (secondary N) is 1. The van der Waals surface area contributed by atoms with Gasteiger partial charge in [0.15, 0.2) is 0 Å². The van der Waals surface area contributed by atoms with Gasteiger partial charge < -0.3 is 24.8 Å². The second-order valence-corrected chi connectivity index (χ2v) is 10.7. The maximum atomic E-state index is 13.4. The Kier molecular flexibility index (Phi) is 7.27. The molecule has 2 bridgehead atoms. The molecule has 1 saturated carbocycles. The molecular formula is C27H38N4O4. The zero-order chi connectivity index (χ0) is 24.4. The van der Waals surface area contributed by atoms with Crippen molar-refractivity contribution in [1.29, 1.82) is 0 Å². The van der Waals surface area contributed by atoms with Crippen molar-refractivity contribution >= 4 is 23.4 Å². The average molecular weight is 483 g/mol. The molecule has 3 heterocycles. The predicted octanol–water partition coefficient (Wildman–Crippen LogP) is 2.13. The number of benzene rings is 1. The van der Waals surface area contributed by atoms with E-state index in [9.17, 15) is 14.4 Å². The second-order valence-electron chi connectivity index (χ2n) is 10.7. The summed E-state index contributed by atoms with van der Waals surface area (Å²) in [5.74, 6) is 1.75. The van der Waals surface area contributed by atoms with Gasteiger partial charge in [0, 0.05) is 57.3 Å². The van der Waals surface area contributed by atoms with Crippen LogP contribution in [0, 0.1) is 23.7 Å².